The third-order valence-corrected chi connectivity index (χ3v) is 3.30. The monoisotopic (exact) mass is 282 g/mol. The normalized spacial score (nSPS) is 14.2. The molecule has 0 atom stereocenters. The topological polar surface area (TPSA) is 58.6 Å². The minimum Gasteiger partial charge on any atom is -0.497 e. The molecule has 0 aliphatic carbocycles. The van der Waals surface area contributed by atoms with Gasteiger partial charge in [-0.25, -0.2) is 0 Å². The Hall–Kier alpha value is -2.82. The zero-order valence-corrected chi connectivity index (χ0v) is 11.5. The van der Waals surface area contributed by atoms with E-state index in [-0.39, 0.29) is 18.2 Å². The van der Waals surface area contributed by atoms with E-state index in [1.54, 1.807) is 25.3 Å². The lowest BCUT2D eigenvalue weighted by molar-refractivity contribution is -0.124. The number of para-hydroxylation sites is 1. The molecule has 0 saturated heterocycles. The predicted molar refractivity (Wildman–Crippen MR) is 79.8 cm³/mol. The maximum absolute atomic E-state index is 12.4. The predicted octanol–water partition coefficient (Wildman–Crippen LogP) is 2.70. The molecule has 106 valence electrons. The second-order valence-electron chi connectivity index (χ2n) is 4.67. The molecule has 2 amide bonds. The van der Waals surface area contributed by atoms with Crippen LogP contribution in [0.5, 0.6) is 5.75 Å². The van der Waals surface area contributed by atoms with E-state index in [0.717, 1.165) is 0 Å². The van der Waals surface area contributed by atoms with Gasteiger partial charge >= 0.3 is 0 Å². The van der Waals surface area contributed by atoms with Gasteiger partial charge < -0.3 is 10.1 Å². The van der Waals surface area contributed by atoms with Crippen molar-refractivity contribution in [1.29, 1.82) is 0 Å². The van der Waals surface area contributed by atoms with Crippen LogP contribution in [0.3, 0.4) is 0 Å². The molecule has 2 aromatic carbocycles. The summed E-state index contributed by atoms with van der Waals surface area (Å²) in [5.74, 6) is 0.0363. The fourth-order valence-electron chi connectivity index (χ4n) is 2.33. The first-order valence-corrected chi connectivity index (χ1v) is 6.55. The van der Waals surface area contributed by atoms with Crippen LogP contribution < -0.4 is 15.0 Å². The third kappa shape index (κ3) is 2.45. The standard InChI is InChI=1S/C16H14N2O3/c1-21-12-7-8-13-14(9-12)18(11-5-3-2-4-6-11)16(20)10-15(19)17-13/h2-9H,10H2,1H3,(H,17,19). The van der Waals surface area contributed by atoms with Crippen LogP contribution in [-0.2, 0) is 9.59 Å². The number of ether oxygens (including phenoxy) is 1. The Labute approximate surface area is 122 Å². The van der Waals surface area contributed by atoms with Gasteiger partial charge in [0, 0.05) is 11.8 Å². The molecule has 3 rings (SSSR count). The van der Waals surface area contributed by atoms with Crippen molar-refractivity contribution >= 4 is 28.9 Å². The highest BCUT2D eigenvalue weighted by molar-refractivity contribution is 6.17. The van der Waals surface area contributed by atoms with E-state index in [9.17, 15) is 9.59 Å². The highest BCUT2D eigenvalue weighted by Crippen LogP contribution is 2.37. The summed E-state index contributed by atoms with van der Waals surface area (Å²) in [6, 6.07) is 14.5. The first kappa shape index (κ1) is 13.2. The van der Waals surface area contributed by atoms with Gasteiger partial charge in [0.1, 0.15) is 12.2 Å². The SMILES string of the molecule is COc1ccc2c(c1)N(c1ccccc1)C(=O)CC(=O)N2. The maximum Gasteiger partial charge on any atom is 0.241 e. The summed E-state index contributed by atoms with van der Waals surface area (Å²) < 4.78 is 5.22. The van der Waals surface area contributed by atoms with Gasteiger partial charge in [0.15, 0.2) is 0 Å². The number of hydrogen-bond donors (Lipinski definition) is 1. The average Bonchev–Trinajstić information content (AvgIpc) is 2.61. The van der Waals surface area contributed by atoms with Gasteiger partial charge in [0.2, 0.25) is 11.8 Å². The second-order valence-corrected chi connectivity index (χ2v) is 4.67. The van der Waals surface area contributed by atoms with Gasteiger partial charge in [0.25, 0.3) is 0 Å². The molecule has 0 saturated carbocycles. The molecule has 21 heavy (non-hydrogen) atoms. The second kappa shape index (κ2) is 5.28. The molecule has 0 aromatic heterocycles. The number of amides is 2. The van der Waals surface area contributed by atoms with E-state index in [2.05, 4.69) is 5.32 Å². The average molecular weight is 282 g/mol. The van der Waals surface area contributed by atoms with E-state index in [0.29, 0.717) is 22.8 Å². The fraction of sp³-hybridized carbons (Fsp3) is 0.125. The van der Waals surface area contributed by atoms with Gasteiger partial charge in [-0.15, -0.1) is 0 Å². The Morgan fingerprint density at radius 1 is 1.10 bits per heavy atom. The van der Waals surface area contributed by atoms with Crippen LogP contribution in [0.15, 0.2) is 48.5 Å². The summed E-state index contributed by atoms with van der Waals surface area (Å²) in [5.41, 5.74) is 1.92. The lowest BCUT2D eigenvalue weighted by Gasteiger charge is -2.22. The first-order chi connectivity index (χ1) is 10.2. The Bertz CT molecular complexity index is 698. The lowest BCUT2D eigenvalue weighted by Crippen LogP contribution is -2.26. The van der Waals surface area contributed by atoms with Crippen molar-refractivity contribution < 1.29 is 14.3 Å². The number of nitrogens with one attached hydrogen (secondary N) is 1. The van der Waals surface area contributed by atoms with Crippen LogP contribution >= 0.6 is 0 Å². The molecule has 5 heteroatoms. The van der Waals surface area contributed by atoms with Gasteiger partial charge in [-0.1, -0.05) is 18.2 Å². The van der Waals surface area contributed by atoms with Crippen LogP contribution in [0.4, 0.5) is 17.1 Å². The number of methoxy groups -OCH3 is 1. The smallest absolute Gasteiger partial charge is 0.241 e. The van der Waals surface area contributed by atoms with E-state index < -0.39 is 0 Å². The number of rotatable bonds is 2. The third-order valence-electron chi connectivity index (χ3n) is 3.30. The molecular weight excluding hydrogens is 268 g/mol. The molecule has 2 aromatic rings. The summed E-state index contributed by atoms with van der Waals surface area (Å²) in [4.78, 5) is 25.7. The zero-order chi connectivity index (χ0) is 14.8. The largest absolute Gasteiger partial charge is 0.497 e. The summed E-state index contributed by atoms with van der Waals surface area (Å²) in [6.07, 6.45) is -0.189. The number of fused-ring (bicyclic) bond motifs is 1. The minimum atomic E-state index is -0.315. The Morgan fingerprint density at radius 2 is 1.86 bits per heavy atom. The maximum atomic E-state index is 12.4. The number of nitrogens with zero attached hydrogens (tertiary/aromatic N) is 1. The molecule has 0 fully saturated rings. The van der Waals surface area contributed by atoms with Gasteiger partial charge in [-0.05, 0) is 24.3 Å². The summed E-state index contributed by atoms with van der Waals surface area (Å²) in [7, 11) is 1.56. The summed E-state index contributed by atoms with van der Waals surface area (Å²) in [6.45, 7) is 0. The molecule has 1 N–H and O–H groups in total. The summed E-state index contributed by atoms with van der Waals surface area (Å²) in [5, 5.41) is 2.75. The number of anilines is 3. The molecule has 0 bridgehead atoms. The summed E-state index contributed by atoms with van der Waals surface area (Å²) >= 11 is 0. The van der Waals surface area contributed by atoms with Crippen molar-refractivity contribution in [3.8, 4) is 5.75 Å². The van der Waals surface area contributed by atoms with Crippen LogP contribution in [0.2, 0.25) is 0 Å². The van der Waals surface area contributed by atoms with Crippen molar-refractivity contribution in [2.75, 3.05) is 17.3 Å². The Morgan fingerprint density at radius 3 is 2.57 bits per heavy atom. The molecule has 1 heterocycles. The number of hydrogen-bond acceptors (Lipinski definition) is 3. The molecular formula is C16H14N2O3. The Balaban J connectivity index is 2.18. The van der Waals surface area contributed by atoms with Gasteiger partial charge in [-0.2, -0.15) is 0 Å². The van der Waals surface area contributed by atoms with E-state index >= 15 is 0 Å². The van der Waals surface area contributed by atoms with E-state index in [4.69, 9.17) is 4.74 Å². The van der Waals surface area contributed by atoms with E-state index in [1.807, 2.05) is 30.3 Å². The van der Waals surface area contributed by atoms with Crippen molar-refractivity contribution in [2.45, 2.75) is 6.42 Å². The highest BCUT2D eigenvalue weighted by Gasteiger charge is 2.27. The number of benzene rings is 2. The Kier molecular flexibility index (Phi) is 3.31. The van der Waals surface area contributed by atoms with Crippen molar-refractivity contribution in [3.63, 3.8) is 0 Å². The molecule has 0 radical (unpaired) electrons. The van der Waals surface area contributed by atoms with Crippen LogP contribution in [0.25, 0.3) is 0 Å². The quantitative estimate of drug-likeness (QED) is 0.862. The van der Waals surface area contributed by atoms with Crippen molar-refractivity contribution in [3.05, 3.63) is 48.5 Å². The zero-order valence-electron chi connectivity index (χ0n) is 11.5. The fourth-order valence-corrected chi connectivity index (χ4v) is 2.33. The first-order valence-electron chi connectivity index (χ1n) is 6.55. The molecule has 5 nitrogen and oxygen atoms in total. The van der Waals surface area contributed by atoms with Crippen molar-refractivity contribution in [2.24, 2.45) is 0 Å². The number of carbonyl (C=O) groups excluding carboxylic acids is 2. The van der Waals surface area contributed by atoms with Crippen molar-refractivity contribution in [1.82, 2.24) is 0 Å². The van der Waals surface area contributed by atoms with Crippen LogP contribution in [0, 0.1) is 0 Å². The van der Waals surface area contributed by atoms with Crippen LogP contribution in [0.1, 0.15) is 6.42 Å². The van der Waals surface area contributed by atoms with Crippen LogP contribution in [-0.4, -0.2) is 18.9 Å². The highest BCUT2D eigenvalue weighted by atomic mass is 16.5. The molecule has 0 spiro atoms. The minimum absolute atomic E-state index is 0.189. The number of carbonyl (C=O) groups is 2. The lowest BCUT2D eigenvalue weighted by atomic mass is 10.2. The van der Waals surface area contributed by atoms with Gasteiger partial charge in [-0.3, -0.25) is 14.5 Å². The van der Waals surface area contributed by atoms with Gasteiger partial charge in [0.05, 0.1) is 18.5 Å². The molecule has 1 aliphatic heterocycles. The van der Waals surface area contributed by atoms with E-state index in [1.165, 1.54) is 4.90 Å². The molecule has 0 unspecified atom stereocenters. The molecule has 1 aliphatic rings.